The van der Waals surface area contributed by atoms with Crippen LogP contribution in [0.25, 0.3) is 11.8 Å². The average molecular weight is 393 g/mol. The molecule has 0 saturated carbocycles. The molecule has 0 spiro atoms. The molecular formula is C22H23N3O4. The highest BCUT2D eigenvalue weighted by Crippen LogP contribution is 2.26. The highest BCUT2D eigenvalue weighted by atomic mass is 16.5. The number of aromatic carboxylic acids is 1. The van der Waals surface area contributed by atoms with E-state index in [-0.39, 0.29) is 17.0 Å². The van der Waals surface area contributed by atoms with E-state index in [9.17, 15) is 20.0 Å². The Hall–Kier alpha value is -3.37. The number of hydrogen-bond acceptors (Lipinski definition) is 4. The molecule has 1 fully saturated rings. The van der Waals surface area contributed by atoms with E-state index >= 15 is 0 Å². The van der Waals surface area contributed by atoms with Crippen LogP contribution in [0.4, 0.5) is 0 Å². The Bertz CT molecular complexity index is 1040. The zero-order valence-corrected chi connectivity index (χ0v) is 16.7. The molecule has 0 atom stereocenters. The number of carbonyl (C=O) groups excluding carboxylic acids is 1. The second kappa shape index (κ2) is 8.33. The topological polar surface area (TPSA) is 95.6 Å². The molecule has 0 aliphatic carbocycles. The Labute approximate surface area is 169 Å². The van der Waals surface area contributed by atoms with Crippen LogP contribution in [0.1, 0.15) is 32.9 Å². The third-order valence-electron chi connectivity index (χ3n) is 5.10. The fourth-order valence-electron chi connectivity index (χ4n) is 3.58. The Balaban J connectivity index is 1.99. The van der Waals surface area contributed by atoms with Gasteiger partial charge in [0.2, 0.25) is 0 Å². The predicted molar refractivity (Wildman–Crippen MR) is 108 cm³/mol. The van der Waals surface area contributed by atoms with Gasteiger partial charge in [-0.25, -0.2) is 4.79 Å². The highest BCUT2D eigenvalue weighted by Gasteiger charge is 2.21. The maximum Gasteiger partial charge on any atom is 0.335 e. The van der Waals surface area contributed by atoms with Gasteiger partial charge in [0.1, 0.15) is 11.6 Å². The molecule has 0 unspecified atom stereocenters. The summed E-state index contributed by atoms with van der Waals surface area (Å²) in [5, 5.41) is 18.7. The smallest absolute Gasteiger partial charge is 0.335 e. The highest BCUT2D eigenvalue weighted by molar-refractivity contribution is 6.02. The van der Waals surface area contributed by atoms with E-state index in [0.29, 0.717) is 26.3 Å². The van der Waals surface area contributed by atoms with Gasteiger partial charge >= 0.3 is 5.97 Å². The Morgan fingerprint density at radius 1 is 1.17 bits per heavy atom. The molecule has 1 aliphatic rings. The number of aromatic nitrogens is 1. The number of amides is 1. The maximum absolute atomic E-state index is 12.7. The van der Waals surface area contributed by atoms with Gasteiger partial charge in [0.25, 0.3) is 5.91 Å². The Kier molecular flexibility index (Phi) is 5.85. The number of morpholine rings is 1. The van der Waals surface area contributed by atoms with Crippen molar-refractivity contribution in [1.29, 1.82) is 5.26 Å². The standard InChI is InChI=1S/C22H23N3O4/c1-14-10-17(22(27)28)4-5-20(14)25-15(2)11-18(16(25)3)12-19(13-23)21(26)24-6-8-29-9-7-24/h4-5,10-12H,6-9H2,1-3H3,(H,27,28)/b19-12-. The Morgan fingerprint density at radius 2 is 1.86 bits per heavy atom. The van der Waals surface area contributed by atoms with Crippen LogP contribution in [0.5, 0.6) is 0 Å². The first kappa shape index (κ1) is 20.4. The number of carbonyl (C=O) groups is 2. The number of carboxylic acids is 1. The molecule has 0 radical (unpaired) electrons. The zero-order valence-electron chi connectivity index (χ0n) is 16.7. The van der Waals surface area contributed by atoms with Gasteiger partial charge in [0, 0.05) is 30.2 Å². The van der Waals surface area contributed by atoms with Crippen molar-refractivity contribution in [3.63, 3.8) is 0 Å². The lowest BCUT2D eigenvalue weighted by atomic mass is 10.1. The van der Waals surface area contributed by atoms with E-state index in [2.05, 4.69) is 0 Å². The summed E-state index contributed by atoms with van der Waals surface area (Å²) < 4.78 is 7.27. The van der Waals surface area contributed by atoms with Crippen LogP contribution in [0.15, 0.2) is 29.8 Å². The van der Waals surface area contributed by atoms with Gasteiger partial charge in [-0.1, -0.05) is 0 Å². The molecule has 1 aromatic heterocycles. The van der Waals surface area contributed by atoms with Crippen molar-refractivity contribution in [2.75, 3.05) is 26.3 Å². The van der Waals surface area contributed by atoms with Gasteiger partial charge in [-0.05, 0) is 62.2 Å². The second-order valence-corrected chi connectivity index (χ2v) is 7.04. The monoisotopic (exact) mass is 393 g/mol. The third kappa shape index (κ3) is 4.08. The summed E-state index contributed by atoms with van der Waals surface area (Å²) in [5.74, 6) is -1.26. The van der Waals surface area contributed by atoms with Crippen molar-refractivity contribution in [3.05, 3.63) is 57.9 Å². The molecule has 1 aliphatic heterocycles. The lowest BCUT2D eigenvalue weighted by molar-refractivity contribution is -0.130. The summed E-state index contributed by atoms with van der Waals surface area (Å²) in [5.41, 5.74) is 4.59. The minimum Gasteiger partial charge on any atom is -0.478 e. The molecule has 1 saturated heterocycles. The first-order valence-corrected chi connectivity index (χ1v) is 9.35. The van der Waals surface area contributed by atoms with Gasteiger partial charge < -0.3 is 19.3 Å². The van der Waals surface area contributed by atoms with E-state index in [1.54, 1.807) is 29.2 Å². The SMILES string of the molecule is Cc1cc(C(=O)O)ccc1-n1c(C)cc(/C=C(/C#N)C(=O)N2CCOCC2)c1C. The minimum atomic E-state index is -0.968. The summed E-state index contributed by atoms with van der Waals surface area (Å²) in [6, 6.07) is 8.93. The van der Waals surface area contributed by atoms with E-state index in [1.807, 2.05) is 37.5 Å². The van der Waals surface area contributed by atoms with E-state index in [4.69, 9.17) is 4.74 Å². The van der Waals surface area contributed by atoms with Crippen molar-refractivity contribution < 1.29 is 19.4 Å². The van der Waals surface area contributed by atoms with Crippen molar-refractivity contribution in [2.45, 2.75) is 20.8 Å². The lowest BCUT2D eigenvalue weighted by Crippen LogP contribution is -2.41. The quantitative estimate of drug-likeness (QED) is 0.637. The van der Waals surface area contributed by atoms with Crippen molar-refractivity contribution >= 4 is 18.0 Å². The van der Waals surface area contributed by atoms with Crippen LogP contribution in [0, 0.1) is 32.1 Å². The molecule has 2 heterocycles. The molecule has 0 bridgehead atoms. The van der Waals surface area contributed by atoms with Crippen LogP contribution in [-0.2, 0) is 9.53 Å². The van der Waals surface area contributed by atoms with Gasteiger partial charge in [-0.2, -0.15) is 5.26 Å². The number of rotatable bonds is 4. The third-order valence-corrected chi connectivity index (χ3v) is 5.10. The summed E-state index contributed by atoms with van der Waals surface area (Å²) in [4.78, 5) is 25.5. The predicted octanol–water partition coefficient (Wildman–Crippen LogP) is 2.87. The largest absolute Gasteiger partial charge is 0.478 e. The molecule has 2 aromatic rings. The molecule has 7 heteroatoms. The number of hydrogen-bond donors (Lipinski definition) is 1. The fraction of sp³-hybridized carbons (Fsp3) is 0.318. The molecular weight excluding hydrogens is 370 g/mol. The molecule has 1 aromatic carbocycles. The number of aryl methyl sites for hydroxylation is 2. The number of nitriles is 1. The number of ether oxygens (including phenoxy) is 1. The van der Waals surface area contributed by atoms with E-state index < -0.39 is 5.97 Å². The lowest BCUT2D eigenvalue weighted by Gasteiger charge is -2.26. The summed E-state index contributed by atoms with van der Waals surface area (Å²) in [6.45, 7) is 7.62. The fourth-order valence-corrected chi connectivity index (χ4v) is 3.58. The van der Waals surface area contributed by atoms with Crippen LogP contribution in [0.3, 0.4) is 0 Å². The second-order valence-electron chi connectivity index (χ2n) is 7.04. The van der Waals surface area contributed by atoms with Crippen molar-refractivity contribution in [1.82, 2.24) is 9.47 Å². The molecule has 29 heavy (non-hydrogen) atoms. The van der Waals surface area contributed by atoms with E-state index in [1.165, 1.54) is 0 Å². The normalized spacial score (nSPS) is 14.6. The number of nitrogens with zero attached hydrogens (tertiary/aromatic N) is 3. The van der Waals surface area contributed by atoms with Gasteiger partial charge in [-0.3, -0.25) is 4.79 Å². The number of benzene rings is 1. The molecule has 1 N–H and O–H groups in total. The first-order valence-electron chi connectivity index (χ1n) is 9.35. The van der Waals surface area contributed by atoms with Crippen LogP contribution in [-0.4, -0.2) is 52.8 Å². The van der Waals surface area contributed by atoms with Gasteiger partial charge in [0.05, 0.1) is 18.8 Å². The molecule has 1 amide bonds. The molecule has 3 rings (SSSR count). The van der Waals surface area contributed by atoms with Gasteiger partial charge in [-0.15, -0.1) is 0 Å². The summed E-state index contributed by atoms with van der Waals surface area (Å²) >= 11 is 0. The van der Waals surface area contributed by atoms with Crippen LogP contribution in [0.2, 0.25) is 0 Å². The Morgan fingerprint density at radius 3 is 2.45 bits per heavy atom. The molecule has 7 nitrogen and oxygen atoms in total. The summed E-state index contributed by atoms with van der Waals surface area (Å²) in [6.07, 6.45) is 1.62. The van der Waals surface area contributed by atoms with Crippen molar-refractivity contribution in [2.24, 2.45) is 0 Å². The van der Waals surface area contributed by atoms with Crippen LogP contribution < -0.4 is 0 Å². The zero-order chi connectivity index (χ0) is 21.1. The maximum atomic E-state index is 12.7. The molecule has 150 valence electrons. The van der Waals surface area contributed by atoms with E-state index in [0.717, 1.165) is 28.2 Å². The minimum absolute atomic E-state index is 0.0881. The van der Waals surface area contributed by atoms with Crippen LogP contribution >= 0.6 is 0 Å². The first-order chi connectivity index (χ1) is 13.8. The average Bonchev–Trinajstić information content (AvgIpc) is 2.99. The van der Waals surface area contributed by atoms with Crippen molar-refractivity contribution in [3.8, 4) is 11.8 Å². The van der Waals surface area contributed by atoms with Gasteiger partial charge in [0.15, 0.2) is 0 Å². The summed E-state index contributed by atoms with van der Waals surface area (Å²) in [7, 11) is 0. The number of carboxylic acid groups (broad SMARTS) is 1.